The molecule has 0 bridgehead atoms. The summed E-state index contributed by atoms with van der Waals surface area (Å²) in [4.78, 5) is 13.5. The van der Waals surface area contributed by atoms with Gasteiger partial charge in [0, 0.05) is 25.7 Å². The van der Waals surface area contributed by atoms with Gasteiger partial charge < -0.3 is 15.5 Å². The third kappa shape index (κ3) is 4.71. The molecule has 1 heterocycles. The first-order chi connectivity index (χ1) is 6.77. The van der Waals surface area contributed by atoms with Gasteiger partial charge in [0.15, 0.2) is 0 Å². The Balaban J connectivity index is 0.00000196. The van der Waals surface area contributed by atoms with Crippen LogP contribution in [0.5, 0.6) is 0 Å². The summed E-state index contributed by atoms with van der Waals surface area (Å²) in [7, 11) is 0. The average Bonchev–Trinajstić information content (AvgIpc) is 2.21. The van der Waals surface area contributed by atoms with Crippen LogP contribution in [0.2, 0.25) is 0 Å². The van der Waals surface area contributed by atoms with Gasteiger partial charge in [-0.05, 0) is 33.2 Å². The zero-order valence-electron chi connectivity index (χ0n) is 9.58. The highest BCUT2D eigenvalue weighted by Gasteiger charge is 2.17. The number of carbonyl (C=O) groups excluding carboxylic acids is 1. The van der Waals surface area contributed by atoms with Crippen LogP contribution in [0, 0.1) is 0 Å². The number of rotatable bonds is 3. The Kier molecular flexibility index (Phi) is 7.52. The predicted molar refractivity (Wildman–Crippen MR) is 64.6 cm³/mol. The maximum Gasteiger partial charge on any atom is 0.317 e. The van der Waals surface area contributed by atoms with Crippen LogP contribution in [0.1, 0.15) is 26.7 Å². The van der Waals surface area contributed by atoms with Crippen molar-refractivity contribution in [2.45, 2.75) is 32.7 Å². The Morgan fingerprint density at radius 3 is 2.60 bits per heavy atom. The van der Waals surface area contributed by atoms with Crippen molar-refractivity contribution in [2.24, 2.45) is 0 Å². The first-order valence-corrected chi connectivity index (χ1v) is 5.54. The van der Waals surface area contributed by atoms with E-state index in [0.29, 0.717) is 6.04 Å². The molecule has 2 N–H and O–H groups in total. The minimum absolute atomic E-state index is 0. The van der Waals surface area contributed by atoms with Gasteiger partial charge in [0.2, 0.25) is 0 Å². The molecule has 1 fully saturated rings. The molecule has 90 valence electrons. The van der Waals surface area contributed by atoms with Crippen LogP contribution in [0.3, 0.4) is 0 Å². The number of hydrogen-bond acceptors (Lipinski definition) is 2. The predicted octanol–water partition coefficient (Wildman–Crippen LogP) is 1.21. The number of carbonyl (C=O) groups is 1. The van der Waals surface area contributed by atoms with Gasteiger partial charge in [-0.2, -0.15) is 0 Å². The molecule has 0 aliphatic carbocycles. The third-order valence-electron chi connectivity index (χ3n) is 2.68. The van der Waals surface area contributed by atoms with E-state index in [1.807, 2.05) is 18.7 Å². The van der Waals surface area contributed by atoms with Crippen molar-refractivity contribution in [3.63, 3.8) is 0 Å². The molecule has 1 unspecified atom stereocenters. The fraction of sp³-hybridized carbons (Fsp3) is 0.900. The van der Waals surface area contributed by atoms with E-state index in [4.69, 9.17) is 0 Å². The lowest BCUT2D eigenvalue weighted by Crippen LogP contribution is -2.50. The lowest BCUT2D eigenvalue weighted by molar-refractivity contribution is 0.196. The van der Waals surface area contributed by atoms with Crippen LogP contribution in [-0.2, 0) is 0 Å². The molecule has 1 saturated heterocycles. The van der Waals surface area contributed by atoms with Crippen molar-refractivity contribution in [3.05, 3.63) is 0 Å². The second-order valence-electron chi connectivity index (χ2n) is 3.67. The molecule has 0 aromatic heterocycles. The van der Waals surface area contributed by atoms with Gasteiger partial charge in [-0.1, -0.05) is 0 Å². The van der Waals surface area contributed by atoms with Gasteiger partial charge in [-0.3, -0.25) is 0 Å². The minimum Gasteiger partial charge on any atom is -0.334 e. The Morgan fingerprint density at radius 2 is 2.13 bits per heavy atom. The summed E-state index contributed by atoms with van der Waals surface area (Å²) in [6, 6.07) is 0.389. The van der Waals surface area contributed by atoms with Gasteiger partial charge in [0.05, 0.1) is 0 Å². The molecule has 0 saturated carbocycles. The van der Waals surface area contributed by atoms with Gasteiger partial charge in [0.1, 0.15) is 0 Å². The number of urea groups is 1. The van der Waals surface area contributed by atoms with Crippen molar-refractivity contribution in [2.75, 3.05) is 26.2 Å². The van der Waals surface area contributed by atoms with E-state index < -0.39 is 0 Å². The van der Waals surface area contributed by atoms with Gasteiger partial charge >= 0.3 is 6.03 Å². The van der Waals surface area contributed by atoms with E-state index in [0.717, 1.165) is 39.0 Å². The number of hydrogen-bond donors (Lipinski definition) is 2. The first-order valence-electron chi connectivity index (χ1n) is 5.54. The second kappa shape index (κ2) is 7.77. The Morgan fingerprint density at radius 1 is 1.47 bits per heavy atom. The summed E-state index contributed by atoms with van der Waals surface area (Å²) in [6.07, 6.45) is 2.25. The number of amides is 2. The van der Waals surface area contributed by atoms with Crippen molar-refractivity contribution >= 4 is 18.4 Å². The Labute approximate surface area is 98.2 Å². The molecule has 0 radical (unpaired) electrons. The van der Waals surface area contributed by atoms with Crippen LogP contribution in [0.25, 0.3) is 0 Å². The molecule has 1 atom stereocenters. The van der Waals surface area contributed by atoms with Crippen molar-refractivity contribution in [1.29, 1.82) is 0 Å². The molecule has 4 nitrogen and oxygen atoms in total. The van der Waals surface area contributed by atoms with Crippen LogP contribution < -0.4 is 10.6 Å². The lowest BCUT2D eigenvalue weighted by Gasteiger charge is -2.27. The van der Waals surface area contributed by atoms with Crippen molar-refractivity contribution in [3.8, 4) is 0 Å². The summed E-state index contributed by atoms with van der Waals surface area (Å²) in [5, 5.41) is 6.33. The Hall–Kier alpha value is -0.480. The number of nitrogens with zero attached hydrogens (tertiary/aromatic N) is 1. The maximum absolute atomic E-state index is 11.7. The van der Waals surface area contributed by atoms with Gasteiger partial charge in [-0.15, -0.1) is 12.4 Å². The van der Waals surface area contributed by atoms with Crippen LogP contribution in [0.15, 0.2) is 0 Å². The molecule has 0 spiro atoms. The fourth-order valence-corrected chi connectivity index (χ4v) is 1.75. The number of halogens is 1. The quantitative estimate of drug-likeness (QED) is 0.773. The fourth-order valence-electron chi connectivity index (χ4n) is 1.75. The zero-order chi connectivity index (χ0) is 10.4. The van der Waals surface area contributed by atoms with E-state index in [1.165, 1.54) is 0 Å². The summed E-state index contributed by atoms with van der Waals surface area (Å²) in [5.74, 6) is 0. The van der Waals surface area contributed by atoms with Crippen LogP contribution in [-0.4, -0.2) is 43.2 Å². The molecule has 1 aliphatic rings. The third-order valence-corrected chi connectivity index (χ3v) is 2.68. The van der Waals surface area contributed by atoms with E-state index in [9.17, 15) is 4.79 Å². The molecule has 0 aromatic carbocycles. The summed E-state index contributed by atoms with van der Waals surface area (Å²) >= 11 is 0. The standard InChI is InChI=1S/C10H21N3O.ClH/c1-3-13(4-2)10(14)12-9-6-5-7-11-8-9;/h9,11H,3-8H2,1-2H3,(H,12,14);1H. The molecule has 1 rings (SSSR count). The maximum atomic E-state index is 11.7. The topological polar surface area (TPSA) is 44.4 Å². The largest absolute Gasteiger partial charge is 0.334 e. The van der Waals surface area contributed by atoms with E-state index in [2.05, 4.69) is 10.6 Å². The smallest absolute Gasteiger partial charge is 0.317 e. The van der Waals surface area contributed by atoms with Crippen molar-refractivity contribution < 1.29 is 4.79 Å². The summed E-state index contributed by atoms with van der Waals surface area (Å²) < 4.78 is 0. The van der Waals surface area contributed by atoms with E-state index in [1.54, 1.807) is 0 Å². The highest BCUT2D eigenvalue weighted by Crippen LogP contribution is 2.02. The molecule has 1 aliphatic heterocycles. The van der Waals surface area contributed by atoms with Gasteiger partial charge in [0.25, 0.3) is 0 Å². The minimum atomic E-state index is 0. The molecule has 15 heavy (non-hydrogen) atoms. The SMILES string of the molecule is CCN(CC)C(=O)NC1CCCNC1.Cl. The second-order valence-corrected chi connectivity index (χ2v) is 3.67. The number of piperidine rings is 1. The van der Waals surface area contributed by atoms with Crippen LogP contribution in [0.4, 0.5) is 4.79 Å². The molecule has 0 aromatic rings. The highest BCUT2D eigenvalue weighted by atomic mass is 35.5. The molecule has 5 heteroatoms. The van der Waals surface area contributed by atoms with Gasteiger partial charge in [-0.25, -0.2) is 4.79 Å². The summed E-state index contributed by atoms with van der Waals surface area (Å²) in [6.45, 7) is 7.56. The first kappa shape index (κ1) is 14.5. The van der Waals surface area contributed by atoms with E-state index >= 15 is 0 Å². The molecular weight excluding hydrogens is 214 g/mol. The van der Waals surface area contributed by atoms with E-state index in [-0.39, 0.29) is 18.4 Å². The lowest BCUT2D eigenvalue weighted by atomic mass is 10.1. The zero-order valence-corrected chi connectivity index (χ0v) is 10.4. The summed E-state index contributed by atoms with van der Waals surface area (Å²) in [5.41, 5.74) is 0. The molecular formula is C10H22ClN3O. The molecule has 2 amide bonds. The average molecular weight is 236 g/mol. The highest BCUT2D eigenvalue weighted by molar-refractivity contribution is 5.85. The van der Waals surface area contributed by atoms with Crippen molar-refractivity contribution in [1.82, 2.24) is 15.5 Å². The Bertz CT molecular complexity index is 180. The number of nitrogens with one attached hydrogen (secondary N) is 2. The normalized spacial score (nSPS) is 20.3. The van der Waals surface area contributed by atoms with Crippen LogP contribution >= 0.6 is 12.4 Å². The monoisotopic (exact) mass is 235 g/mol.